The van der Waals surface area contributed by atoms with Crippen molar-refractivity contribution in [2.45, 2.75) is 27.2 Å². The second kappa shape index (κ2) is 6.46. The van der Waals surface area contributed by atoms with E-state index in [0.717, 1.165) is 11.5 Å². The first kappa shape index (κ1) is 15.4. The standard InChI is InChI=1S/C11H18N4O3S/c1-11(2,3)4-7(9(16)17)5-12-10(18)14-8-6-13-15-19-8/h6-7H,4-5H2,1-3H3,(H,16,17)(H2,12,14,18). The number of nitrogens with zero attached hydrogens (tertiary/aromatic N) is 2. The molecule has 0 radical (unpaired) electrons. The number of nitrogens with one attached hydrogen (secondary N) is 2. The predicted molar refractivity (Wildman–Crippen MR) is 72.1 cm³/mol. The summed E-state index contributed by atoms with van der Waals surface area (Å²) in [6.45, 7) is 5.98. The second-order valence-corrected chi connectivity index (χ2v) is 6.20. The number of aromatic nitrogens is 2. The minimum absolute atomic E-state index is 0.0880. The highest BCUT2D eigenvalue weighted by Gasteiger charge is 2.24. The summed E-state index contributed by atoms with van der Waals surface area (Å²) < 4.78 is 3.60. The van der Waals surface area contributed by atoms with Crippen LogP contribution in [0.5, 0.6) is 0 Å². The molecular weight excluding hydrogens is 268 g/mol. The molecule has 0 aliphatic heterocycles. The van der Waals surface area contributed by atoms with Gasteiger partial charge in [-0.1, -0.05) is 25.3 Å². The minimum Gasteiger partial charge on any atom is -0.481 e. The molecule has 1 aromatic rings. The fourth-order valence-electron chi connectivity index (χ4n) is 1.58. The van der Waals surface area contributed by atoms with E-state index in [9.17, 15) is 9.59 Å². The summed E-state index contributed by atoms with van der Waals surface area (Å²) in [6.07, 6.45) is 1.92. The van der Waals surface area contributed by atoms with E-state index in [0.29, 0.717) is 11.4 Å². The Kier molecular flexibility index (Phi) is 5.22. The van der Waals surface area contributed by atoms with Gasteiger partial charge in [0.2, 0.25) is 0 Å². The molecule has 1 heterocycles. The van der Waals surface area contributed by atoms with Crippen LogP contribution in [0.3, 0.4) is 0 Å². The van der Waals surface area contributed by atoms with E-state index in [1.54, 1.807) is 0 Å². The number of carbonyl (C=O) groups is 2. The maximum Gasteiger partial charge on any atom is 0.319 e. The van der Waals surface area contributed by atoms with Crippen molar-refractivity contribution in [3.8, 4) is 0 Å². The van der Waals surface area contributed by atoms with Crippen LogP contribution in [-0.2, 0) is 4.79 Å². The summed E-state index contributed by atoms with van der Waals surface area (Å²) in [5.41, 5.74) is -0.108. The lowest BCUT2D eigenvalue weighted by Crippen LogP contribution is -2.37. The molecule has 1 aromatic heterocycles. The maximum atomic E-state index is 11.5. The van der Waals surface area contributed by atoms with Crippen molar-refractivity contribution in [2.75, 3.05) is 11.9 Å². The summed E-state index contributed by atoms with van der Waals surface area (Å²) in [7, 11) is 0. The molecule has 2 amide bonds. The smallest absolute Gasteiger partial charge is 0.319 e. The van der Waals surface area contributed by atoms with Crippen molar-refractivity contribution < 1.29 is 14.7 Å². The molecule has 0 bridgehead atoms. The molecule has 19 heavy (non-hydrogen) atoms. The number of carboxylic acid groups (broad SMARTS) is 1. The molecular formula is C11H18N4O3S. The van der Waals surface area contributed by atoms with Crippen molar-refractivity contribution in [2.24, 2.45) is 11.3 Å². The van der Waals surface area contributed by atoms with Gasteiger partial charge in [0, 0.05) is 18.1 Å². The lowest BCUT2D eigenvalue weighted by Gasteiger charge is -2.23. The van der Waals surface area contributed by atoms with Gasteiger partial charge < -0.3 is 10.4 Å². The highest BCUT2D eigenvalue weighted by Crippen LogP contribution is 2.24. The maximum absolute atomic E-state index is 11.5. The van der Waals surface area contributed by atoms with Crippen LogP contribution in [0.2, 0.25) is 0 Å². The molecule has 8 heteroatoms. The average Bonchev–Trinajstić information content (AvgIpc) is 2.75. The van der Waals surface area contributed by atoms with E-state index >= 15 is 0 Å². The number of rotatable bonds is 5. The van der Waals surface area contributed by atoms with Crippen LogP contribution in [0.25, 0.3) is 0 Å². The van der Waals surface area contributed by atoms with Crippen molar-refractivity contribution in [3.05, 3.63) is 6.20 Å². The molecule has 0 aromatic carbocycles. The zero-order valence-electron chi connectivity index (χ0n) is 11.1. The van der Waals surface area contributed by atoms with Gasteiger partial charge in [-0.05, 0) is 11.8 Å². The summed E-state index contributed by atoms with van der Waals surface area (Å²) >= 11 is 1.05. The first-order valence-corrected chi connectivity index (χ1v) is 6.60. The zero-order chi connectivity index (χ0) is 14.5. The minimum atomic E-state index is -0.908. The number of carboxylic acids is 1. The number of aliphatic carboxylic acids is 1. The van der Waals surface area contributed by atoms with Crippen LogP contribution in [0.4, 0.5) is 9.80 Å². The lowest BCUT2D eigenvalue weighted by molar-refractivity contribution is -0.142. The van der Waals surface area contributed by atoms with Crippen LogP contribution in [0, 0.1) is 11.3 Å². The average molecular weight is 286 g/mol. The SMILES string of the molecule is CC(C)(C)CC(CNC(=O)Nc1cnns1)C(=O)O. The van der Waals surface area contributed by atoms with E-state index < -0.39 is 17.9 Å². The van der Waals surface area contributed by atoms with E-state index in [2.05, 4.69) is 20.2 Å². The van der Waals surface area contributed by atoms with Gasteiger partial charge in [-0.2, -0.15) is 0 Å². The van der Waals surface area contributed by atoms with Gasteiger partial charge in [-0.25, -0.2) is 4.79 Å². The molecule has 3 N–H and O–H groups in total. The molecule has 7 nitrogen and oxygen atoms in total. The number of urea groups is 1. The first-order valence-electron chi connectivity index (χ1n) is 5.83. The molecule has 0 fully saturated rings. The van der Waals surface area contributed by atoms with Crippen molar-refractivity contribution >= 4 is 28.5 Å². The van der Waals surface area contributed by atoms with Gasteiger partial charge in [0.05, 0.1) is 12.1 Å². The molecule has 106 valence electrons. The molecule has 0 saturated heterocycles. The molecule has 1 unspecified atom stereocenters. The van der Waals surface area contributed by atoms with E-state index in [1.807, 2.05) is 20.8 Å². The Bertz CT molecular complexity index is 428. The number of hydrogen-bond acceptors (Lipinski definition) is 5. The third-order valence-corrected chi connectivity index (χ3v) is 2.90. The van der Waals surface area contributed by atoms with Crippen LogP contribution >= 0.6 is 11.5 Å². The predicted octanol–water partition coefficient (Wildman–Crippen LogP) is 1.80. The molecule has 0 aliphatic rings. The Hall–Kier alpha value is -1.70. The van der Waals surface area contributed by atoms with Gasteiger partial charge in [0.25, 0.3) is 0 Å². The van der Waals surface area contributed by atoms with Gasteiger partial charge in [-0.15, -0.1) is 5.10 Å². The molecule has 0 aliphatic carbocycles. The highest BCUT2D eigenvalue weighted by molar-refractivity contribution is 7.10. The molecule has 1 atom stereocenters. The monoisotopic (exact) mass is 286 g/mol. The van der Waals surface area contributed by atoms with Crippen LogP contribution in [-0.4, -0.2) is 33.2 Å². The Labute approximate surface area is 115 Å². The van der Waals surface area contributed by atoms with E-state index in [1.165, 1.54) is 6.20 Å². The van der Waals surface area contributed by atoms with Crippen molar-refractivity contribution in [3.63, 3.8) is 0 Å². The van der Waals surface area contributed by atoms with Gasteiger partial charge in [0.15, 0.2) is 0 Å². The fourth-order valence-corrected chi connectivity index (χ4v) is 2.00. The summed E-state index contributed by atoms with van der Waals surface area (Å²) in [5, 5.41) is 18.3. The summed E-state index contributed by atoms with van der Waals surface area (Å²) in [6, 6.07) is -0.453. The summed E-state index contributed by atoms with van der Waals surface area (Å²) in [5.74, 6) is -1.51. The quantitative estimate of drug-likeness (QED) is 0.765. The van der Waals surface area contributed by atoms with Crippen LogP contribution in [0.1, 0.15) is 27.2 Å². The largest absolute Gasteiger partial charge is 0.481 e. The van der Waals surface area contributed by atoms with Crippen LogP contribution < -0.4 is 10.6 Å². The van der Waals surface area contributed by atoms with Crippen molar-refractivity contribution in [1.82, 2.24) is 14.9 Å². The Morgan fingerprint density at radius 3 is 2.63 bits per heavy atom. The number of carbonyl (C=O) groups excluding carboxylic acids is 1. The highest BCUT2D eigenvalue weighted by atomic mass is 32.1. The van der Waals surface area contributed by atoms with Gasteiger partial charge in [-0.3, -0.25) is 10.1 Å². The number of anilines is 1. The van der Waals surface area contributed by atoms with Gasteiger partial charge in [0.1, 0.15) is 5.00 Å². The topological polar surface area (TPSA) is 104 Å². The zero-order valence-corrected chi connectivity index (χ0v) is 12.0. The first-order chi connectivity index (χ1) is 8.78. The molecule has 0 saturated carbocycles. The normalized spacial score (nSPS) is 12.8. The molecule has 0 spiro atoms. The Morgan fingerprint density at radius 2 is 2.16 bits per heavy atom. The van der Waals surface area contributed by atoms with Gasteiger partial charge >= 0.3 is 12.0 Å². The Morgan fingerprint density at radius 1 is 1.47 bits per heavy atom. The van der Waals surface area contributed by atoms with E-state index in [4.69, 9.17) is 5.11 Å². The third-order valence-electron chi connectivity index (χ3n) is 2.32. The fraction of sp³-hybridized carbons (Fsp3) is 0.636. The lowest BCUT2D eigenvalue weighted by atomic mass is 9.84. The molecule has 1 rings (SSSR count). The van der Waals surface area contributed by atoms with Crippen molar-refractivity contribution in [1.29, 1.82) is 0 Å². The summed E-state index contributed by atoms with van der Waals surface area (Å²) in [4.78, 5) is 22.7. The van der Waals surface area contributed by atoms with E-state index in [-0.39, 0.29) is 12.0 Å². The Balaban J connectivity index is 2.43. The number of hydrogen-bond donors (Lipinski definition) is 3. The second-order valence-electron chi connectivity index (χ2n) is 5.42. The number of amides is 2. The third kappa shape index (κ3) is 6.14. The van der Waals surface area contributed by atoms with Crippen LogP contribution in [0.15, 0.2) is 6.20 Å².